The largest absolute Gasteiger partial charge is 0.468 e. The molecule has 1 aromatic carbocycles. The fraction of sp³-hybridized carbons (Fsp3) is 0.360. The minimum atomic E-state index is -4.48. The summed E-state index contributed by atoms with van der Waals surface area (Å²) in [7, 11) is 0. The molecule has 1 amide bonds. The van der Waals surface area contributed by atoms with E-state index in [1.54, 1.807) is 34.4 Å². The van der Waals surface area contributed by atoms with Gasteiger partial charge in [0.25, 0.3) is 5.91 Å². The Labute approximate surface area is 230 Å². The Hall–Kier alpha value is -2.89. The number of thiazole rings is 1. The maximum absolute atomic E-state index is 12.7. The van der Waals surface area contributed by atoms with Crippen LogP contribution < -0.4 is 4.74 Å². The molecular weight excluding hydrogens is 564 g/mol. The van der Waals surface area contributed by atoms with Crippen molar-refractivity contribution in [1.82, 2.24) is 14.9 Å². The first-order valence-electron chi connectivity index (χ1n) is 11.7. The van der Waals surface area contributed by atoms with E-state index in [-0.39, 0.29) is 30.4 Å². The molecule has 200 valence electrons. The van der Waals surface area contributed by atoms with Crippen molar-refractivity contribution in [1.29, 1.82) is 0 Å². The number of ether oxygens (including phenoxy) is 1. The van der Waals surface area contributed by atoms with Crippen molar-refractivity contribution in [2.24, 2.45) is 5.16 Å². The molecule has 1 saturated heterocycles. The van der Waals surface area contributed by atoms with Gasteiger partial charge in [-0.25, -0.2) is 9.97 Å². The van der Waals surface area contributed by atoms with Crippen molar-refractivity contribution in [2.75, 3.05) is 19.7 Å². The number of aromatic nitrogens is 2. The quantitative estimate of drug-likeness (QED) is 0.330. The van der Waals surface area contributed by atoms with Gasteiger partial charge in [-0.15, -0.1) is 11.3 Å². The number of rotatable bonds is 6. The summed E-state index contributed by atoms with van der Waals surface area (Å²) in [5.74, 6) is -0.0758. The van der Waals surface area contributed by atoms with Crippen LogP contribution in [0.4, 0.5) is 13.2 Å². The highest BCUT2D eigenvalue weighted by atomic mass is 35.5. The van der Waals surface area contributed by atoms with Gasteiger partial charge in [0.15, 0.2) is 12.7 Å². The number of oxime groups is 1. The van der Waals surface area contributed by atoms with Crippen LogP contribution in [0.2, 0.25) is 10.0 Å². The average molecular weight is 585 g/mol. The van der Waals surface area contributed by atoms with E-state index in [0.29, 0.717) is 41.3 Å². The summed E-state index contributed by atoms with van der Waals surface area (Å²) in [5, 5.41) is 8.20. The molecule has 2 aliphatic heterocycles. The molecule has 13 heteroatoms. The predicted octanol–water partition coefficient (Wildman–Crippen LogP) is 6.51. The number of carbonyl (C=O) groups is 1. The van der Waals surface area contributed by atoms with Crippen LogP contribution in [-0.4, -0.2) is 46.2 Å². The summed E-state index contributed by atoms with van der Waals surface area (Å²) in [6.07, 6.45) is -2.19. The van der Waals surface area contributed by atoms with Gasteiger partial charge in [0.1, 0.15) is 5.71 Å². The number of likely N-dealkylation sites (tertiary alicyclic amines) is 1. The van der Waals surface area contributed by atoms with Gasteiger partial charge < -0.3 is 14.5 Å². The highest BCUT2D eigenvalue weighted by molar-refractivity contribution is 7.10. The molecule has 0 spiro atoms. The summed E-state index contributed by atoms with van der Waals surface area (Å²) in [6, 6.07) is 7.28. The fourth-order valence-corrected chi connectivity index (χ4v) is 5.99. The number of halogens is 5. The molecule has 0 radical (unpaired) electrons. The smallest absolute Gasteiger partial charge is 0.417 e. The van der Waals surface area contributed by atoms with Crippen molar-refractivity contribution in [3.8, 4) is 5.88 Å². The maximum Gasteiger partial charge on any atom is 0.417 e. The molecule has 4 heterocycles. The van der Waals surface area contributed by atoms with E-state index in [0.717, 1.165) is 41.4 Å². The second-order valence-electron chi connectivity index (χ2n) is 8.87. The van der Waals surface area contributed by atoms with Crippen LogP contribution in [0, 0.1) is 0 Å². The molecule has 7 nitrogen and oxygen atoms in total. The van der Waals surface area contributed by atoms with Crippen molar-refractivity contribution in [2.45, 2.75) is 37.5 Å². The van der Waals surface area contributed by atoms with Crippen LogP contribution in [-0.2, 0) is 15.8 Å². The number of alkyl halides is 3. The molecule has 2 aromatic heterocycles. The van der Waals surface area contributed by atoms with Gasteiger partial charge in [0, 0.05) is 58.7 Å². The highest BCUT2D eigenvalue weighted by Crippen LogP contribution is 2.39. The van der Waals surface area contributed by atoms with Crippen molar-refractivity contribution in [3.05, 3.63) is 73.8 Å². The second kappa shape index (κ2) is 11.1. The lowest BCUT2D eigenvalue weighted by molar-refractivity contribution is -0.138. The molecule has 0 aliphatic carbocycles. The molecule has 2 aliphatic rings. The van der Waals surface area contributed by atoms with Gasteiger partial charge in [0.05, 0.1) is 16.3 Å². The normalized spacial score (nSPS) is 18.3. The van der Waals surface area contributed by atoms with Crippen LogP contribution >= 0.6 is 34.5 Å². The molecule has 5 rings (SSSR count). The summed E-state index contributed by atoms with van der Waals surface area (Å²) in [5.41, 5.74) is 1.32. The number of piperidine rings is 1. The molecule has 1 fully saturated rings. The monoisotopic (exact) mass is 584 g/mol. The minimum absolute atomic E-state index is 0.0330. The van der Waals surface area contributed by atoms with E-state index in [4.69, 9.17) is 37.8 Å². The number of carbonyl (C=O) groups excluding carboxylic acids is 1. The number of hydrogen-bond donors (Lipinski definition) is 0. The zero-order valence-corrected chi connectivity index (χ0v) is 22.1. The van der Waals surface area contributed by atoms with Gasteiger partial charge in [-0.1, -0.05) is 34.4 Å². The summed E-state index contributed by atoms with van der Waals surface area (Å²) in [6.45, 7) is 0.763. The standard InChI is InChI=1S/C25H21Cl2F3N4O3S/c26-16-2-1-3-17(27)23(16)20-10-18(33-37-20)19-13-38-24(32-19)14-6-8-34(9-7-14)22(35)12-36-21-5-4-15(11-31-21)25(28,29)30/h1-5,11,13-14,20H,6-10,12H2. The summed E-state index contributed by atoms with van der Waals surface area (Å²) >= 11 is 14.2. The lowest BCUT2D eigenvalue weighted by Crippen LogP contribution is -2.40. The highest BCUT2D eigenvalue weighted by Gasteiger charge is 2.32. The lowest BCUT2D eigenvalue weighted by atomic mass is 9.97. The average Bonchev–Trinajstić information content (AvgIpc) is 3.57. The predicted molar refractivity (Wildman–Crippen MR) is 137 cm³/mol. The Morgan fingerprint density at radius 3 is 2.55 bits per heavy atom. The SMILES string of the molecule is O=C(COc1ccc(C(F)(F)F)cn1)N1CCC(c2nc(C3=NOC(c4c(Cl)cccc4Cl)C3)cs2)CC1. The Bertz CT molecular complexity index is 1320. The Morgan fingerprint density at radius 2 is 1.89 bits per heavy atom. The number of amides is 1. The van der Waals surface area contributed by atoms with Crippen LogP contribution in [0.25, 0.3) is 0 Å². The molecular formula is C25H21Cl2F3N4O3S. The van der Waals surface area contributed by atoms with E-state index in [1.807, 2.05) is 5.38 Å². The molecule has 0 bridgehead atoms. The van der Waals surface area contributed by atoms with Crippen LogP contribution in [0.1, 0.15) is 53.1 Å². The first-order chi connectivity index (χ1) is 18.2. The zero-order chi connectivity index (χ0) is 26.9. The van der Waals surface area contributed by atoms with E-state index < -0.39 is 11.7 Å². The molecule has 0 saturated carbocycles. The molecule has 38 heavy (non-hydrogen) atoms. The molecule has 1 unspecified atom stereocenters. The number of hydrogen-bond acceptors (Lipinski definition) is 7. The Morgan fingerprint density at radius 1 is 1.16 bits per heavy atom. The van der Waals surface area contributed by atoms with Gasteiger partial charge in [-0.05, 0) is 31.0 Å². The summed E-state index contributed by atoms with van der Waals surface area (Å²) in [4.78, 5) is 28.3. The molecule has 1 atom stereocenters. The van der Waals surface area contributed by atoms with Crippen LogP contribution in [0.3, 0.4) is 0 Å². The number of benzene rings is 1. The summed E-state index contributed by atoms with van der Waals surface area (Å²) < 4.78 is 43.2. The van der Waals surface area contributed by atoms with Crippen LogP contribution in [0.5, 0.6) is 5.88 Å². The maximum atomic E-state index is 12.7. The van der Waals surface area contributed by atoms with Gasteiger partial charge in [-0.2, -0.15) is 13.2 Å². The van der Waals surface area contributed by atoms with E-state index in [9.17, 15) is 18.0 Å². The van der Waals surface area contributed by atoms with Gasteiger partial charge in [0.2, 0.25) is 5.88 Å². The lowest BCUT2D eigenvalue weighted by Gasteiger charge is -2.31. The fourth-order valence-electron chi connectivity index (χ4n) is 4.35. The topological polar surface area (TPSA) is 76.9 Å². The van der Waals surface area contributed by atoms with Crippen molar-refractivity contribution < 1.29 is 27.5 Å². The first-order valence-corrected chi connectivity index (χ1v) is 13.4. The molecule has 0 N–H and O–H groups in total. The zero-order valence-electron chi connectivity index (χ0n) is 19.8. The van der Waals surface area contributed by atoms with Crippen molar-refractivity contribution in [3.63, 3.8) is 0 Å². The Balaban J connectivity index is 1.11. The van der Waals surface area contributed by atoms with E-state index >= 15 is 0 Å². The van der Waals surface area contributed by atoms with Crippen molar-refractivity contribution >= 4 is 46.2 Å². The Kier molecular flexibility index (Phi) is 7.78. The molecule has 3 aromatic rings. The van der Waals surface area contributed by atoms with Gasteiger partial charge in [-0.3, -0.25) is 4.79 Å². The van der Waals surface area contributed by atoms with E-state index in [2.05, 4.69) is 10.1 Å². The third kappa shape index (κ3) is 5.89. The van der Waals surface area contributed by atoms with E-state index in [1.165, 1.54) is 0 Å². The third-order valence-electron chi connectivity index (χ3n) is 6.41. The number of pyridine rings is 1. The number of nitrogens with zero attached hydrogens (tertiary/aromatic N) is 4. The minimum Gasteiger partial charge on any atom is -0.468 e. The second-order valence-corrected chi connectivity index (χ2v) is 10.6. The van der Waals surface area contributed by atoms with Crippen LogP contribution in [0.15, 0.2) is 47.1 Å². The first kappa shape index (κ1) is 26.7. The van der Waals surface area contributed by atoms with Gasteiger partial charge >= 0.3 is 6.18 Å². The third-order valence-corrected chi connectivity index (χ3v) is 8.08.